The molecule has 0 spiro atoms. The molecule has 13 rings (SSSR count). The summed E-state index contributed by atoms with van der Waals surface area (Å²) in [5.41, 5.74) is 18.5. The Bertz CT molecular complexity index is 3820. The van der Waals surface area contributed by atoms with Gasteiger partial charge in [0.05, 0.1) is 45.8 Å². The normalized spacial score (nSPS) is 20.4. The summed E-state index contributed by atoms with van der Waals surface area (Å²) in [5, 5.41) is 33.2. The van der Waals surface area contributed by atoms with Crippen LogP contribution < -0.4 is 9.29 Å². The lowest BCUT2D eigenvalue weighted by molar-refractivity contribution is 0.689. The second-order valence-electron chi connectivity index (χ2n) is 20.0. The van der Waals surface area contributed by atoms with E-state index in [2.05, 4.69) is 98.8 Å². The van der Waals surface area contributed by atoms with E-state index in [9.17, 15) is 0 Å². The average Bonchev–Trinajstić information content (AvgIpc) is 3.86. The van der Waals surface area contributed by atoms with Crippen molar-refractivity contribution in [2.24, 2.45) is 20.0 Å². The lowest BCUT2D eigenvalue weighted by atomic mass is 9.92. The number of amidine groups is 2. The highest BCUT2D eigenvalue weighted by Crippen LogP contribution is 2.67. The van der Waals surface area contributed by atoms with E-state index in [0.29, 0.717) is 58.6 Å². The highest BCUT2D eigenvalue weighted by molar-refractivity contribution is 6.17. The molecule has 0 saturated heterocycles. The summed E-state index contributed by atoms with van der Waals surface area (Å²) in [7, 11) is 0. The van der Waals surface area contributed by atoms with Crippen molar-refractivity contribution < 1.29 is 0 Å². The molecule has 8 heteroatoms. The minimum absolute atomic E-state index is 0.112. The third kappa shape index (κ3) is 7.13. The number of hydrogen-bond acceptors (Lipinski definition) is 6. The number of benzene rings is 9. The zero-order chi connectivity index (χ0) is 50.3. The maximum atomic E-state index is 16.6. The van der Waals surface area contributed by atoms with Crippen LogP contribution in [0.15, 0.2) is 226 Å². The van der Waals surface area contributed by atoms with Gasteiger partial charge in [0.25, 0.3) is 0 Å². The van der Waals surface area contributed by atoms with Crippen LogP contribution in [0, 0.1) is 38.1 Å². The van der Waals surface area contributed by atoms with E-state index in [4.69, 9.17) is 20.0 Å². The van der Waals surface area contributed by atoms with Crippen molar-refractivity contribution in [3.8, 4) is 22.3 Å². The van der Waals surface area contributed by atoms with Crippen LogP contribution in [0.3, 0.4) is 0 Å². The Morgan fingerprint density at radius 2 is 0.730 bits per heavy atom. The molecule has 4 aliphatic rings. The van der Waals surface area contributed by atoms with Gasteiger partial charge in [-0.2, -0.15) is 0 Å². The fraction of sp³-hybridized carbons (Fsp3) is 0.121. The fourth-order valence-electron chi connectivity index (χ4n) is 12.3. The van der Waals surface area contributed by atoms with Crippen molar-refractivity contribution in [1.29, 1.82) is 0 Å². The number of quaternary nitrogens is 2. The maximum Gasteiger partial charge on any atom is 0.155 e. The Morgan fingerprint density at radius 3 is 1.19 bits per heavy atom. The Morgan fingerprint density at radius 1 is 0.365 bits per heavy atom. The number of aryl methyl sites for hydroxylation is 4. The Kier molecular flexibility index (Phi) is 10.8. The molecule has 74 heavy (non-hydrogen) atoms. The van der Waals surface area contributed by atoms with E-state index in [1.165, 1.54) is 0 Å². The second kappa shape index (κ2) is 17.6. The summed E-state index contributed by atoms with van der Waals surface area (Å²) in [6.45, 7) is 8.19. The third-order valence-electron chi connectivity index (χ3n) is 15.4. The maximum absolute atomic E-state index is 16.6. The molecular weight excluding hydrogens is 909 g/mol. The highest BCUT2D eigenvalue weighted by Gasteiger charge is 2.50. The van der Waals surface area contributed by atoms with Gasteiger partial charge in [0.2, 0.25) is 0 Å². The van der Waals surface area contributed by atoms with E-state index in [-0.39, 0.29) is 12.1 Å². The van der Waals surface area contributed by atoms with Gasteiger partial charge >= 0.3 is 0 Å². The number of nitrogens with zero attached hydrogens (tertiary/aromatic N) is 6. The summed E-state index contributed by atoms with van der Waals surface area (Å²) in [6, 6.07) is 69.0. The topological polar surface area (TPSA) is 95.6 Å². The SMILES string of the molecule is Cc1cc(C2=NC(c3ccccc3)=NC(c3ccccc3)C2)cc(C)c1[N+]1([O-])c2ccccc2-c2c1ccc1c2-c2ccccc2[N+]1([O-])c1c(C)cc(C2CC(c3ccccc3)=NC(c3ccccc3)=N2)cc1C. The Balaban J connectivity index is 0.920. The van der Waals surface area contributed by atoms with Gasteiger partial charge in [0.1, 0.15) is 11.4 Å². The van der Waals surface area contributed by atoms with Crippen molar-refractivity contribution in [2.75, 3.05) is 0 Å². The minimum Gasteiger partial charge on any atom is -0.616 e. The molecule has 9 aromatic carbocycles. The number of fused-ring (bicyclic) bond motifs is 7. The summed E-state index contributed by atoms with van der Waals surface area (Å²) in [5.74, 6) is 1.39. The molecule has 4 atom stereocenters. The summed E-state index contributed by atoms with van der Waals surface area (Å²) >= 11 is 0. The van der Waals surface area contributed by atoms with E-state index in [0.717, 1.165) is 89.3 Å². The molecule has 4 aliphatic heterocycles. The molecule has 0 fully saturated rings. The zero-order valence-corrected chi connectivity index (χ0v) is 41.7. The monoisotopic (exact) mass is 960 g/mol. The molecule has 4 unspecified atom stereocenters. The van der Waals surface area contributed by atoms with Crippen LogP contribution in [-0.4, -0.2) is 23.1 Å². The van der Waals surface area contributed by atoms with Crippen LogP contribution >= 0.6 is 0 Å². The first kappa shape index (κ1) is 45.4. The van der Waals surface area contributed by atoms with Gasteiger partial charge in [-0.3, -0.25) is 19.3 Å². The molecule has 0 amide bonds. The summed E-state index contributed by atoms with van der Waals surface area (Å²) < 4.78 is -1.58. The lowest BCUT2D eigenvalue weighted by Crippen LogP contribution is -2.32. The predicted molar refractivity (Wildman–Crippen MR) is 305 cm³/mol. The van der Waals surface area contributed by atoms with Gasteiger partial charge in [0.15, 0.2) is 34.4 Å². The van der Waals surface area contributed by atoms with Gasteiger partial charge in [-0.15, -0.1) is 0 Å². The first-order valence-corrected chi connectivity index (χ1v) is 25.4. The van der Waals surface area contributed by atoms with Gasteiger partial charge < -0.3 is 10.4 Å². The average molecular weight is 961 g/mol. The Hall–Kier alpha value is -8.50. The van der Waals surface area contributed by atoms with Crippen LogP contribution in [0.2, 0.25) is 0 Å². The molecule has 8 nitrogen and oxygen atoms in total. The first-order chi connectivity index (χ1) is 36.1. The molecule has 9 aromatic rings. The van der Waals surface area contributed by atoms with Gasteiger partial charge in [-0.25, -0.2) is 9.98 Å². The molecule has 0 bridgehead atoms. The standard InChI is InChI=1S/C66H52N6O2/c1-41-35-49(55-39-53(45-21-9-5-10-22-45)67-65(69-55)47-25-13-7-14-26-47)36-42(2)63(41)71(73)57-31-19-17-29-51(57)61-59(71)33-34-60-62(61)52-30-18-20-32-58(52)72(60,74)64-43(3)37-50(38-44(64)4)56-40-54(46-23-11-6-12-24-46)68-66(70-56)48-27-15-8-16-28-48/h5-38,53,56H,39-40H2,1-4H3. The minimum atomic E-state index is -0.790. The third-order valence-corrected chi connectivity index (χ3v) is 15.4. The molecule has 0 saturated carbocycles. The van der Waals surface area contributed by atoms with E-state index in [1.54, 1.807) is 0 Å². The van der Waals surface area contributed by atoms with Gasteiger partial charge in [-0.1, -0.05) is 146 Å². The van der Waals surface area contributed by atoms with Crippen molar-refractivity contribution >= 4 is 57.2 Å². The van der Waals surface area contributed by atoms with Crippen LogP contribution in [0.5, 0.6) is 0 Å². The molecule has 4 heterocycles. The first-order valence-electron chi connectivity index (χ1n) is 25.4. The van der Waals surface area contributed by atoms with Gasteiger partial charge in [0, 0.05) is 70.5 Å². The number of hydrogen-bond donors (Lipinski definition) is 0. The number of rotatable bonds is 8. The fourth-order valence-corrected chi connectivity index (χ4v) is 12.3. The van der Waals surface area contributed by atoms with Crippen LogP contribution in [0.1, 0.15) is 80.6 Å². The molecular formula is C66H52N6O2. The molecule has 0 radical (unpaired) electrons. The molecule has 0 aliphatic carbocycles. The van der Waals surface area contributed by atoms with Crippen molar-refractivity contribution in [2.45, 2.75) is 52.6 Å². The van der Waals surface area contributed by atoms with E-state index < -0.39 is 9.29 Å². The summed E-state index contributed by atoms with van der Waals surface area (Å²) in [4.78, 5) is 20.7. The molecule has 0 aromatic heterocycles. The van der Waals surface area contributed by atoms with Crippen LogP contribution in [0.4, 0.5) is 34.1 Å². The lowest BCUT2D eigenvalue weighted by Gasteiger charge is -2.42. The van der Waals surface area contributed by atoms with Gasteiger partial charge in [-0.05, 0) is 86.3 Å². The quantitative estimate of drug-likeness (QED) is 0.112. The van der Waals surface area contributed by atoms with Crippen LogP contribution in [0.25, 0.3) is 22.3 Å². The highest BCUT2D eigenvalue weighted by atomic mass is 16.6. The molecule has 0 N–H and O–H groups in total. The predicted octanol–water partition coefficient (Wildman–Crippen LogP) is 16.6. The van der Waals surface area contributed by atoms with E-state index >= 15 is 10.4 Å². The van der Waals surface area contributed by atoms with Crippen molar-refractivity contribution in [1.82, 2.24) is 9.29 Å². The van der Waals surface area contributed by atoms with Crippen molar-refractivity contribution in [3.63, 3.8) is 0 Å². The molecule has 358 valence electrons. The Labute approximate surface area is 431 Å². The number of para-hydroxylation sites is 2. The smallest absolute Gasteiger partial charge is 0.155 e. The largest absolute Gasteiger partial charge is 0.616 e. The summed E-state index contributed by atoms with van der Waals surface area (Å²) in [6.07, 6.45) is 1.25. The van der Waals surface area contributed by atoms with E-state index in [1.807, 2.05) is 135 Å². The second-order valence-corrected chi connectivity index (χ2v) is 20.0. The van der Waals surface area contributed by atoms with Crippen LogP contribution in [-0.2, 0) is 0 Å². The van der Waals surface area contributed by atoms with Crippen molar-refractivity contribution in [3.05, 3.63) is 272 Å². The zero-order valence-electron chi connectivity index (χ0n) is 41.7. The number of aliphatic imine (C=N–C) groups is 4.